The van der Waals surface area contributed by atoms with Crippen LogP contribution in [0.15, 0.2) is 54.7 Å². The lowest BCUT2D eigenvalue weighted by Gasteiger charge is -2.18. The van der Waals surface area contributed by atoms with Crippen LogP contribution in [0.4, 0.5) is 4.79 Å². The first-order chi connectivity index (χ1) is 14.0. The van der Waals surface area contributed by atoms with E-state index < -0.39 is 18.3 Å². The SMILES string of the molecule is Cc1cnc(C(O)C(O)CNC(=O)OCC2c3ccccc3-c3ccccc32)s1. The Kier molecular flexibility index (Phi) is 5.62. The van der Waals surface area contributed by atoms with E-state index in [2.05, 4.69) is 34.6 Å². The number of rotatable bonds is 6. The summed E-state index contributed by atoms with van der Waals surface area (Å²) < 4.78 is 5.42. The minimum atomic E-state index is -1.17. The number of aliphatic hydroxyl groups is 2. The fourth-order valence-corrected chi connectivity index (χ4v) is 4.44. The van der Waals surface area contributed by atoms with E-state index in [1.165, 1.54) is 11.3 Å². The second-order valence-corrected chi connectivity index (χ2v) is 8.29. The van der Waals surface area contributed by atoms with E-state index in [4.69, 9.17) is 4.74 Å². The number of ether oxygens (including phenoxy) is 1. The molecule has 29 heavy (non-hydrogen) atoms. The Morgan fingerprint density at radius 3 is 2.34 bits per heavy atom. The molecule has 4 rings (SSSR count). The van der Waals surface area contributed by atoms with Gasteiger partial charge in [-0.1, -0.05) is 48.5 Å². The van der Waals surface area contributed by atoms with Crippen LogP contribution in [0.25, 0.3) is 11.1 Å². The molecule has 0 saturated heterocycles. The Bertz CT molecular complexity index is 974. The maximum atomic E-state index is 12.2. The van der Waals surface area contributed by atoms with Gasteiger partial charge in [-0.2, -0.15) is 0 Å². The molecule has 3 N–H and O–H groups in total. The number of hydrogen-bond donors (Lipinski definition) is 3. The summed E-state index contributed by atoms with van der Waals surface area (Å²) >= 11 is 1.31. The zero-order valence-electron chi connectivity index (χ0n) is 15.9. The number of aryl methyl sites for hydroxylation is 1. The average molecular weight is 410 g/mol. The topological polar surface area (TPSA) is 91.7 Å². The lowest BCUT2D eigenvalue weighted by atomic mass is 9.98. The molecule has 6 nitrogen and oxygen atoms in total. The van der Waals surface area contributed by atoms with Crippen molar-refractivity contribution in [1.82, 2.24) is 10.3 Å². The Morgan fingerprint density at radius 2 is 1.76 bits per heavy atom. The van der Waals surface area contributed by atoms with E-state index in [9.17, 15) is 15.0 Å². The molecule has 1 aliphatic rings. The van der Waals surface area contributed by atoms with E-state index in [0.29, 0.717) is 5.01 Å². The Morgan fingerprint density at radius 1 is 1.14 bits per heavy atom. The molecule has 2 atom stereocenters. The van der Waals surface area contributed by atoms with Gasteiger partial charge in [-0.15, -0.1) is 11.3 Å². The first kappa shape index (κ1) is 19.6. The Balaban J connectivity index is 1.34. The fourth-order valence-electron chi connectivity index (χ4n) is 3.62. The summed E-state index contributed by atoms with van der Waals surface area (Å²) in [5.41, 5.74) is 4.59. The van der Waals surface area contributed by atoms with E-state index in [1.807, 2.05) is 31.2 Å². The first-order valence-electron chi connectivity index (χ1n) is 9.42. The summed E-state index contributed by atoms with van der Waals surface area (Å²) in [5.74, 6) is -0.0260. The van der Waals surface area contributed by atoms with Gasteiger partial charge in [0.05, 0.1) is 0 Å². The maximum absolute atomic E-state index is 12.2. The number of thiazole rings is 1. The van der Waals surface area contributed by atoms with Crippen molar-refractivity contribution in [3.05, 3.63) is 75.7 Å². The third-order valence-electron chi connectivity index (χ3n) is 5.06. The van der Waals surface area contributed by atoms with Crippen LogP contribution in [-0.2, 0) is 4.74 Å². The number of carbonyl (C=O) groups excluding carboxylic acids is 1. The molecule has 1 aliphatic carbocycles. The third kappa shape index (κ3) is 4.03. The molecule has 1 amide bonds. The molecule has 2 aromatic carbocycles. The Hall–Kier alpha value is -2.74. The highest BCUT2D eigenvalue weighted by atomic mass is 32.1. The van der Waals surface area contributed by atoms with Crippen LogP contribution in [0.1, 0.15) is 33.0 Å². The van der Waals surface area contributed by atoms with Crippen LogP contribution < -0.4 is 5.32 Å². The normalized spacial score (nSPS) is 14.7. The van der Waals surface area contributed by atoms with Gasteiger partial charge in [-0.3, -0.25) is 0 Å². The standard InChI is InChI=1S/C22H22N2O4S/c1-13-10-23-21(29-13)20(26)19(25)11-24-22(27)28-12-18-16-8-4-2-6-14(16)15-7-3-5-9-17(15)18/h2-10,18-20,25-26H,11-12H2,1H3,(H,24,27). The van der Waals surface area contributed by atoms with Gasteiger partial charge in [0, 0.05) is 23.5 Å². The van der Waals surface area contributed by atoms with Crippen LogP contribution in [-0.4, -0.2) is 40.5 Å². The molecule has 0 spiro atoms. The number of amides is 1. The van der Waals surface area contributed by atoms with E-state index in [-0.39, 0.29) is 19.1 Å². The quantitative estimate of drug-likeness (QED) is 0.579. The molecular weight excluding hydrogens is 388 g/mol. The summed E-state index contributed by atoms with van der Waals surface area (Å²) in [6, 6.07) is 16.2. The van der Waals surface area contributed by atoms with Crippen molar-refractivity contribution < 1.29 is 19.7 Å². The lowest BCUT2D eigenvalue weighted by molar-refractivity contribution is 0.0184. The summed E-state index contributed by atoms with van der Waals surface area (Å²) in [4.78, 5) is 17.2. The predicted molar refractivity (Wildman–Crippen MR) is 111 cm³/mol. The van der Waals surface area contributed by atoms with Crippen molar-refractivity contribution in [2.45, 2.75) is 25.0 Å². The molecular formula is C22H22N2O4S. The molecule has 0 radical (unpaired) electrons. The van der Waals surface area contributed by atoms with E-state index in [1.54, 1.807) is 6.20 Å². The van der Waals surface area contributed by atoms with Gasteiger partial charge in [0.1, 0.15) is 23.8 Å². The van der Waals surface area contributed by atoms with E-state index in [0.717, 1.165) is 27.1 Å². The monoisotopic (exact) mass is 410 g/mol. The smallest absolute Gasteiger partial charge is 0.407 e. The molecule has 1 aromatic heterocycles. The van der Waals surface area contributed by atoms with Crippen molar-refractivity contribution in [3.63, 3.8) is 0 Å². The highest BCUT2D eigenvalue weighted by Crippen LogP contribution is 2.44. The third-order valence-corrected chi connectivity index (χ3v) is 6.04. The number of hydrogen-bond acceptors (Lipinski definition) is 6. The number of fused-ring (bicyclic) bond motifs is 3. The van der Waals surface area contributed by atoms with E-state index >= 15 is 0 Å². The zero-order chi connectivity index (χ0) is 20.4. The summed E-state index contributed by atoms with van der Waals surface area (Å²) in [6.07, 6.45) is -1.31. The molecule has 0 aliphatic heterocycles. The van der Waals surface area contributed by atoms with Crippen molar-refractivity contribution in [3.8, 4) is 11.1 Å². The van der Waals surface area contributed by atoms with Crippen LogP contribution in [0, 0.1) is 6.92 Å². The van der Waals surface area contributed by atoms with Crippen molar-refractivity contribution in [2.24, 2.45) is 0 Å². The predicted octanol–water partition coefficient (Wildman–Crippen LogP) is 3.38. The molecule has 150 valence electrons. The van der Waals surface area contributed by atoms with Gasteiger partial charge in [0.2, 0.25) is 0 Å². The molecule has 0 bridgehead atoms. The first-order valence-corrected chi connectivity index (χ1v) is 10.2. The number of aliphatic hydroxyl groups excluding tert-OH is 2. The minimum Gasteiger partial charge on any atom is -0.449 e. The zero-order valence-corrected chi connectivity index (χ0v) is 16.7. The number of nitrogens with zero attached hydrogens (tertiary/aromatic N) is 1. The summed E-state index contributed by atoms with van der Waals surface area (Å²) in [5, 5.41) is 23.2. The van der Waals surface area contributed by atoms with Crippen molar-refractivity contribution in [2.75, 3.05) is 13.2 Å². The van der Waals surface area contributed by atoms with Crippen LogP contribution >= 0.6 is 11.3 Å². The second kappa shape index (κ2) is 8.32. The number of nitrogens with one attached hydrogen (secondary N) is 1. The highest BCUT2D eigenvalue weighted by Gasteiger charge is 2.29. The maximum Gasteiger partial charge on any atom is 0.407 e. The van der Waals surface area contributed by atoms with Crippen molar-refractivity contribution >= 4 is 17.4 Å². The number of benzene rings is 2. The van der Waals surface area contributed by atoms with Gasteiger partial charge in [-0.25, -0.2) is 9.78 Å². The van der Waals surface area contributed by atoms with Crippen LogP contribution in [0.3, 0.4) is 0 Å². The average Bonchev–Trinajstić information content (AvgIpc) is 3.31. The van der Waals surface area contributed by atoms with Gasteiger partial charge < -0.3 is 20.3 Å². The molecule has 7 heteroatoms. The highest BCUT2D eigenvalue weighted by molar-refractivity contribution is 7.11. The summed E-state index contributed by atoms with van der Waals surface area (Å²) in [6.45, 7) is 1.94. The number of carbonyl (C=O) groups is 1. The molecule has 0 saturated carbocycles. The Labute approximate surface area is 172 Å². The van der Waals surface area contributed by atoms with Crippen LogP contribution in [0.2, 0.25) is 0 Å². The largest absolute Gasteiger partial charge is 0.449 e. The molecule has 1 heterocycles. The fraction of sp³-hybridized carbons (Fsp3) is 0.273. The molecule has 3 aromatic rings. The van der Waals surface area contributed by atoms with Gasteiger partial charge in [0.15, 0.2) is 0 Å². The second-order valence-electron chi connectivity index (χ2n) is 7.03. The van der Waals surface area contributed by atoms with Gasteiger partial charge in [0.25, 0.3) is 0 Å². The number of aromatic nitrogens is 1. The van der Waals surface area contributed by atoms with Crippen LogP contribution in [0.5, 0.6) is 0 Å². The van der Waals surface area contributed by atoms with Gasteiger partial charge in [-0.05, 0) is 29.2 Å². The molecule has 0 fully saturated rings. The lowest BCUT2D eigenvalue weighted by Crippen LogP contribution is -2.36. The minimum absolute atomic E-state index is 0.0260. The summed E-state index contributed by atoms with van der Waals surface area (Å²) in [7, 11) is 0. The van der Waals surface area contributed by atoms with Gasteiger partial charge >= 0.3 is 6.09 Å². The van der Waals surface area contributed by atoms with Crippen molar-refractivity contribution in [1.29, 1.82) is 0 Å². The number of alkyl carbamates (subject to hydrolysis) is 1. The molecule has 2 unspecified atom stereocenters.